The van der Waals surface area contributed by atoms with Gasteiger partial charge in [0, 0.05) is 6.20 Å². The number of amides is 1. The molecule has 124 valence electrons. The summed E-state index contributed by atoms with van der Waals surface area (Å²) in [5.41, 5.74) is 2.71. The van der Waals surface area contributed by atoms with Crippen molar-refractivity contribution in [3.05, 3.63) is 71.5 Å². The molecule has 2 heterocycles. The van der Waals surface area contributed by atoms with Gasteiger partial charge in [-0.05, 0) is 42.3 Å². The first kappa shape index (κ1) is 15.3. The van der Waals surface area contributed by atoms with Crippen molar-refractivity contribution in [2.45, 2.75) is 19.9 Å². The second-order valence-corrected chi connectivity index (χ2v) is 6.15. The summed E-state index contributed by atoms with van der Waals surface area (Å²) in [6.45, 7) is 3.80. The number of pyridine rings is 1. The van der Waals surface area contributed by atoms with E-state index < -0.39 is 0 Å². The second kappa shape index (κ2) is 6.02. The molecule has 0 bridgehead atoms. The predicted octanol–water partition coefficient (Wildman–Crippen LogP) is 4.18. The zero-order chi connectivity index (χ0) is 17.4. The number of rotatable bonds is 3. The van der Waals surface area contributed by atoms with Crippen molar-refractivity contribution in [2.75, 3.05) is 0 Å². The smallest absolute Gasteiger partial charge is 0.257 e. The summed E-state index contributed by atoms with van der Waals surface area (Å²) < 4.78 is 5.08. The molecule has 1 N–H and O–H groups in total. The molecule has 0 fully saturated rings. The lowest BCUT2D eigenvalue weighted by Crippen LogP contribution is -2.26. The lowest BCUT2D eigenvalue weighted by Gasteiger charge is -2.15. The average molecular weight is 331 g/mol. The van der Waals surface area contributed by atoms with Crippen molar-refractivity contribution < 1.29 is 9.32 Å². The quantitative estimate of drug-likeness (QED) is 0.611. The summed E-state index contributed by atoms with van der Waals surface area (Å²) in [5.74, 6) is -0.171. The van der Waals surface area contributed by atoms with Crippen molar-refractivity contribution in [1.29, 1.82) is 0 Å². The highest BCUT2D eigenvalue weighted by Crippen LogP contribution is 2.21. The van der Waals surface area contributed by atoms with Crippen LogP contribution in [0.1, 0.15) is 34.6 Å². The van der Waals surface area contributed by atoms with Crippen LogP contribution in [0.15, 0.2) is 59.3 Å². The SMILES string of the molecule is Cc1noc2ncc(C(=O)N[C@@H](C)c3ccc4ccccc4c3)cc12. The van der Waals surface area contributed by atoms with Crippen LogP contribution in [0.2, 0.25) is 0 Å². The third-order valence-electron chi connectivity index (χ3n) is 4.39. The van der Waals surface area contributed by atoms with Gasteiger partial charge in [-0.2, -0.15) is 0 Å². The standard InChI is InChI=1S/C20H17N3O2/c1-12(15-8-7-14-5-3-4-6-16(14)9-15)22-19(24)17-10-18-13(2)23-25-20(18)21-11-17/h3-12H,1-2H3,(H,22,24)/t12-/m0/s1. The van der Waals surface area contributed by atoms with Crippen molar-refractivity contribution in [1.82, 2.24) is 15.5 Å². The number of aryl methyl sites for hydroxylation is 1. The molecule has 5 heteroatoms. The molecule has 2 aromatic heterocycles. The van der Waals surface area contributed by atoms with E-state index in [4.69, 9.17) is 4.52 Å². The van der Waals surface area contributed by atoms with Gasteiger partial charge in [0.15, 0.2) is 0 Å². The van der Waals surface area contributed by atoms with Crippen molar-refractivity contribution >= 4 is 27.8 Å². The van der Waals surface area contributed by atoms with Gasteiger partial charge in [-0.1, -0.05) is 41.6 Å². The van der Waals surface area contributed by atoms with E-state index >= 15 is 0 Å². The minimum atomic E-state index is -0.171. The fourth-order valence-electron chi connectivity index (χ4n) is 2.91. The van der Waals surface area contributed by atoms with E-state index in [0.717, 1.165) is 22.0 Å². The van der Waals surface area contributed by atoms with Crippen LogP contribution in [-0.2, 0) is 0 Å². The molecule has 1 amide bonds. The Bertz CT molecular complexity index is 1080. The first-order chi connectivity index (χ1) is 12.1. The number of carbonyl (C=O) groups excluding carboxylic acids is 1. The summed E-state index contributed by atoms with van der Waals surface area (Å²) in [7, 11) is 0. The normalized spacial score (nSPS) is 12.4. The van der Waals surface area contributed by atoms with Crippen LogP contribution in [0.5, 0.6) is 0 Å². The third kappa shape index (κ3) is 2.85. The monoisotopic (exact) mass is 331 g/mol. The molecule has 0 radical (unpaired) electrons. The third-order valence-corrected chi connectivity index (χ3v) is 4.39. The maximum atomic E-state index is 12.6. The van der Waals surface area contributed by atoms with Gasteiger partial charge < -0.3 is 9.84 Å². The zero-order valence-electron chi connectivity index (χ0n) is 14.0. The van der Waals surface area contributed by atoms with E-state index in [-0.39, 0.29) is 11.9 Å². The molecule has 0 aliphatic rings. The second-order valence-electron chi connectivity index (χ2n) is 6.15. The minimum Gasteiger partial charge on any atom is -0.345 e. The van der Waals surface area contributed by atoms with Crippen molar-refractivity contribution in [3.8, 4) is 0 Å². The molecule has 5 nitrogen and oxygen atoms in total. The fraction of sp³-hybridized carbons (Fsp3) is 0.150. The molecule has 25 heavy (non-hydrogen) atoms. The Morgan fingerprint density at radius 2 is 1.92 bits per heavy atom. The largest absolute Gasteiger partial charge is 0.345 e. The Morgan fingerprint density at radius 3 is 2.76 bits per heavy atom. The lowest BCUT2D eigenvalue weighted by molar-refractivity contribution is 0.0939. The van der Waals surface area contributed by atoms with Gasteiger partial charge >= 0.3 is 0 Å². The van der Waals surface area contributed by atoms with Gasteiger partial charge in [0.05, 0.1) is 22.7 Å². The maximum absolute atomic E-state index is 12.6. The molecule has 4 rings (SSSR count). The molecule has 0 unspecified atom stereocenters. The van der Waals surface area contributed by atoms with E-state index in [0.29, 0.717) is 11.3 Å². The molecule has 1 atom stereocenters. The summed E-state index contributed by atoms with van der Waals surface area (Å²) in [5, 5.41) is 9.98. The first-order valence-corrected chi connectivity index (χ1v) is 8.13. The molecule has 0 saturated heterocycles. The molecule has 4 aromatic rings. The number of benzene rings is 2. The van der Waals surface area contributed by atoms with Gasteiger partial charge in [-0.15, -0.1) is 0 Å². The van der Waals surface area contributed by atoms with Crippen LogP contribution in [0, 0.1) is 6.92 Å². The number of aromatic nitrogens is 2. The zero-order valence-corrected chi connectivity index (χ0v) is 14.0. The van der Waals surface area contributed by atoms with Gasteiger partial charge in [-0.25, -0.2) is 4.98 Å². The molecule has 0 aliphatic heterocycles. The minimum absolute atomic E-state index is 0.114. The maximum Gasteiger partial charge on any atom is 0.257 e. The Balaban J connectivity index is 1.58. The number of nitrogens with zero attached hydrogens (tertiary/aromatic N) is 2. The topological polar surface area (TPSA) is 68.0 Å². The number of hydrogen-bond acceptors (Lipinski definition) is 4. The Hall–Kier alpha value is -3.21. The molecule has 2 aromatic carbocycles. The van der Waals surface area contributed by atoms with Gasteiger partial charge in [0.25, 0.3) is 11.6 Å². The van der Waals surface area contributed by atoms with Crippen LogP contribution in [-0.4, -0.2) is 16.0 Å². The summed E-state index contributed by atoms with van der Waals surface area (Å²) >= 11 is 0. The lowest BCUT2D eigenvalue weighted by atomic mass is 10.0. The Labute approximate surface area is 144 Å². The summed E-state index contributed by atoms with van der Waals surface area (Å²) in [4.78, 5) is 16.7. The van der Waals surface area contributed by atoms with E-state index in [2.05, 4.69) is 39.7 Å². The molecular weight excluding hydrogens is 314 g/mol. The predicted molar refractivity (Wildman–Crippen MR) is 96.4 cm³/mol. The van der Waals surface area contributed by atoms with Crippen LogP contribution >= 0.6 is 0 Å². The molecule has 0 spiro atoms. The Morgan fingerprint density at radius 1 is 1.12 bits per heavy atom. The number of hydrogen-bond donors (Lipinski definition) is 1. The average Bonchev–Trinajstić information content (AvgIpc) is 3.01. The van der Waals surface area contributed by atoms with Crippen molar-refractivity contribution in [2.24, 2.45) is 0 Å². The number of nitrogens with one attached hydrogen (secondary N) is 1. The van der Waals surface area contributed by atoms with Crippen LogP contribution in [0.3, 0.4) is 0 Å². The van der Waals surface area contributed by atoms with Gasteiger partial charge in [0.1, 0.15) is 0 Å². The fourth-order valence-corrected chi connectivity index (χ4v) is 2.91. The Kier molecular flexibility index (Phi) is 3.69. The van der Waals surface area contributed by atoms with E-state index in [9.17, 15) is 4.79 Å². The van der Waals surface area contributed by atoms with Crippen LogP contribution in [0.25, 0.3) is 21.9 Å². The van der Waals surface area contributed by atoms with Crippen LogP contribution in [0.4, 0.5) is 0 Å². The molecule has 0 saturated carbocycles. The summed E-state index contributed by atoms with van der Waals surface area (Å²) in [6.07, 6.45) is 1.51. The summed E-state index contributed by atoms with van der Waals surface area (Å²) in [6, 6.07) is 16.0. The van der Waals surface area contributed by atoms with Gasteiger partial charge in [0.2, 0.25) is 0 Å². The van der Waals surface area contributed by atoms with Crippen molar-refractivity contribution in [3.63, 3.8) is 0 Å². The van der Waals surface area contributed by atoms with E-state index in [1.165, 1.54) is 11.6 Å². The highest BCUT2D eigenvalue weighted by atomic mass is 16.5. The highest BCUT2D eigenvalue weighted by molar-refractivity contribution is 5.97. The van der Waals surface area contributed by atoms with Gasteiger partial charge in [-0.3, -0.25) is 4.79 Å². The molecular formula is C20H17N3O2. The van der Waals surface area contributed by atoms with E-state index in [1.54, 1.807) is 6.07 Å². The first-order valence-electron chi connectivity index (χ1n) is 8.13. The highest BCUT2D eigenvalue weighted by Gasteiger charge is 2.15. The molecule has 0 aliphatic carbocycles. The van der Waals surface area contributed by atoms with E-state index in [1.807, 2.05) is 32.0 Å². The number of fused-ring (bicyclic) bond motifs is 2. The van der Waals surface area contributed by atoms with Crippen LogP contribution < -0.4 is 5.32 Å². The number of carbonyl (C=O) groups is 1.